The van der Waals surface area contributed by atoms with Crippen LogP contribution in [0.15, 0.2) is 24.3 Å². The number of benzene rings is 1. The van der Waals surface area contributed by atoms with Crippen LogP contribution in [0.5, 0.6) is 0 Å². The highest BCUT2D eigenvalue weighted by molar-refractivity contribution is 5.87. The van der Waals surface area contributed by atoms with Crippen molar-refractivity contribution in [3.8, 4) is 0 Å². The molecule has 0 aliphatic carbocycles. The van der Waals surface area contributed by atoms with Crippen molar-refractivity contribution in [3.63, 3.8) is 0 Å². The molecule has 1 saturated heterocycles. The quantitative estimate of drug-likeness (QED) is 0.802. The summed E-state index contributed by atoms with van der Waals surface area (Å²) in [6.07, 6.45) is 3.79. The summed E-state index contributed by atoms with van der Waals surface area (Å²) in [4.78, 5) is 13.5. The Kier molecular flexibility index (Phi) is 5.56. The number of likely N-dealkylation sites (tertiary alicyclic amines) is 1. The van der Waals surface area contributed by atoms with Gasteiger partial charge >= 0.3 is 5.97 Å². The van der Waals surface area contributed by atoms with Gasteiger partial charge in [0.05, 0.1) is 5.56 Å². The van der Waals surface area contributed by atoms with Crippen LogP contribution in [0.2, 0.25) is 0 Å². The molecule has 1 heterocycles. The van der Waals surface area contributed by atoms with Crippen molar-refractivity contribution in [3.05, 3.63) is 35.4 Å². The van der Waals surface area contributed by atoms with Gasteiger partial charge < -0.3 is 10.4 Å². The Morgan fingerprint density at radius 3 is 2.80 bits per heavy atom. The second kappa shape index (κ2) is 7.41. The molecular weight excluding hydrogens is 252 g/mol. The average molecular weight is 276 g/mol. The van der Waals surface area contributed by atoms with Crippen LogP contribution >= 0.6 is 0 Å². The van der Waals surface area contributed by atoms with Gasteiger partial charge in [-0.25, -0.2) is 4.79 Å². The van der Waals surface area contributed by atoms with E-state index in [4.69, 9.17) is 5.11 Å². The highest BCUT2D eigenvalue weighted by Gasteiger charge is 2.19. The van der Waals surface area contributed by atoms with E-state index in [1.54, 1.807) is 18.2 Å². The molecule has 20 heavy (non-hydrogen) atoms. The summed E-state index contributed by atoms with van der Waals surface area (Å²) in [5.74, 6) is -0.865. The second-order valence-electron chi connectivity index (χ2n) is 5.44. The van der Waals surface area contributed by atoms with Gasteiger partial charge in [0.25, 0.3) is 0 Å². The van der Waals surface area contributed by atoms with Crippen molar-refractivity contribution in [2.45, 2.75) is 38.8 Å². The molecule has 1 atom stereocenters. The van der Waals surface area contributed by atoms with Crippen LogP contribution in [0.4, 0.5) is 0 Å². The molecular formula is C16H24N2O2. The van der Waals surface area contributed by atoms with E-state index in [2.05, 4.69) is 17.1 Å². The van der Waals surface area contributed by atoms with Gasteiger partial charge in [-0.1, -0.05) is 19.1 Å². The topological polar surface area (TPSA) is 52.6 Å². The molecule has 0 radical (unpaired) electrons. The molecule has 4 nitrogen and oxygen atoms in total. The Morgan fingerprint density at radius 2 is 2.15 bits per heavy atom. The lowest BCUT2D eigenvalue weighted by atomic mass is 10.1. The van der Waals surface area contributed by atoms with Gasteiger partial charge in [-0.15, -0.1) is 0 Å². The first-order chi connectivity index (χ1) is 9.70. The van der Waals surface area contributed by atoms with Gasteiger partial charge in [-0.3, -0.25) is 4.90 Å². The van der Waals surface area contributed by atoms with Crippen LogP contribution in [0.3, 0.4) is 0 Å². The highest BCUT2D eigenvalue weighted by Crippen LogP contribution is 2.13. The fourth-order valence-electron chi connectivity index (χ4n) is 2.84. The first-order valence-electron chi connectivity index (χ1n) is 7.47. The van der Waals surface area contributed by atoms with E-state index in [1.807, 2.05) is 6.07 Å². The third-order valence-corrected chi connectivity index (χ3v) is 4.01. The van der Waals surface area contributed by atoms with E-state index in [-0.39, 0.29) is 0 Å². The summed E-state index contributed by atoms with van der Waals surface area (Å²) in [7, 11) is 0. The number of carbonyl (C=O) groups is 1. The molecule has 0 aromatic heterocycles. The van der Waals surface area contributed by atoms with Crippen molar-refractivity contribution in [1.29, 1.82) is 0 Å². The standard InChI is InChI=1S/C16H24N2O2/c1-2-15(18-8-3-4-9-18)12-17-11-13-6-5-7-14(10-13)16(19)20/h5-7,10,15,17H,2-4,8-9,11-12H2,1H3,(H,19,20). The van der Waals surface area contributed by atoms with Crippen molar-refractivity contribution >= 4 is 5.97 Å². The van der Waals surface area contributed by atoms with Crippen LogP contribution in [-0.4, -0.2) is 41.7 Å². The van der Waals surface area contributed by atoms with Gasteiger partial charge in [0, 0.05) is 19.1 Å². The zero-order valence-corrected chi connectivity index (χ0v) is 12.1. The Morgan fingerprint density at radius 1 is 1.40 bits per heavy atom. The number of nitrogens with one attached hydrogen (secondary N) is 1. The smallest absolute Gasteiger partial charge is 0.335 e. The predicted octanol–water partition coefficient (Wildman–Crippen LogP) is 2.35. The fraction of sp³-hybridized carbons (Fsp3) is 0.562. The number of carboxylic acids is 1. The van der Waals surface area contributed by atoms with Gasteiger partial charge in [-0.2, -0.15) is 0 Å². The third-order valence-electron chi connectivity index (χ3n) is 4.01. The number of nitrogens with zero attached hydrogens (tertiary/aromatic N) is 1. The number of rotatable bonds is 7. The maximum atomic E-state index is 10.9. The van der Waals surface area contributed by atoms with Crippen LogP contribution in [0.1, 0.15) is 42.1 Å². The highest BCUT2D eigenvalue weighted by atomic mass is 16.4. The van der Waals surface area contributed by atoms with E-state index in [1.165, 1.54) is 25.9 Å². The van der Waals surface area contributed by atoms with E-state index < -0.39 is 5.97 Å². The number of hydrogen-bond acceptors (Lipinski definition) is 3. The number of aromatic carboxylic acids is 1. The minimum atomic E-state index is -0.865. The van der Waals surface area contributed by atoms with Crippen LogP contribution < -0.4 is 5.32 Å². The maximum Gasteiger partial charge on any atom is 0.335 e. The number of hydrogen-bond donors (Lipinski definition) is 2. The maximum absolute atomic E-state index is 10.9. The molecule has 1 unspecified atom stereocenters. The molecule has 0 saturated carbocycles. The zero-order chi connectivity index (χ0) is 14.4. The van der Waals surface area contributed by atoms with Gasteiger partial charge in [0.2, 0.25) is 0 Å². The summed E-state index contributed by atoms with van der Waals surface area (Å²) in [5.41, 5.74) is 1.39. The fourth-order valence-corrected chi connectivity index (χ4v) is 2.84. The largest absolute Gasteiger partial charge is 0.478 e. The van der Waals surface area contributed by atoms with Crippen molar-refractivity contribution < 1.29 is 9.90 Å². The molecule has 110 valence electrons. The molecule has 1 aliphatic heterocycles. The molecule has 2 rings (SSSR count). The predicted molar refractivity (Wildman–Crippen MR) is 80.0 cm³/mol. The molecule has 4 heteroatoms. The Bertz CT molecular complexity index is 442. The van der Waals surface area contributed by atoms with Gasteiger partial charge in [-0.05, 0) is 50.0 Å². The summed E-state index contributed by atoms with van der Waals surface area (Å²) in [6.45, 7) is 6.36. The van der Waals surface area contributed by atoms with Crippen LogP contribution in [-0.2, 0) is 6.54 Å². The Balaban J connectivity index is 1.82. The first kappa shape index (κ1) is 15.0. The lowest BCUT2D eigenvalue weighted by Crippen LogP contribution is -2.40. The minimum Gasteiger partial charge on any atom is -0.478 e. The van der Waals surface area contributed by atoms with Gasteiger partial charge in [0.1, 0.15) is 0 Å². The zero-order valence-electron chi connectivity index (χ0n) is 12.1. The second-order valence-corrected chi connectivity index (χ2v) is 5.44. The summed E-state index contributed by atoms with van der Waals surface area (Å²) < 4.78 is 0. The van der Waals surface area contributed by atoms with Crippen molar-refractivity contribution in [2.75, 3.05) is 19.6 Å². The molecule has 0 amide bonds. The Hall–Kier alpha value is -1.39. The van der Waals surface area contributed by atoms with Crippen molar-refractivity contribution in [2.24, 2.45) is 0 Å². The Labute approximate surface area is 120 Å². The average Bonchev–Trinajstić information content (AvgIpc) is 2.98. The van der Waals surface area contributed by atoms with E-state index >= 15 is 0 Å². The minimum absolute atomic E-state index is 0.357. The number of carboxylic acid groups (broad SMARTS) is 1. The van der Waals surface area contributed by atoms with E-state index in [9.17, 15) is 4.79 Å². The molecule has 1 fully saturated rings. The molecule has 1 aliphatic rings. The SMILES string of the molecule is CCC(CNCc1cccc(C(=O)O)c1)N1CCCC1. The van der Waals surface area contributed by atoms with Crippen molar-refractivity contribution in [1.82, 2.24) is 10.2 Å². The summed E-state index contributed by atoms with van der Waals surface area (Å²) in [6, 6.07) is 7.74. The lowest BCUT2D eigenvalue weighted by molar-refractivity contribution is 0.0696. The monoisotopic (exact) mass is 276 g/mol. The normalized spacial score (nSPS) is 17.2. The summed E-state index contributed by atoms with van der Waals surface area (Å²) >= 11 is 0. The third kappa shape index (κ3) is 4.05. The molecule has 0 spiro atoms. The molecule has 0 bridgehead atoms. The lowest BCUT2D eigenvalue weighted by Gasteiger charge is -2.26. The molecule has 2 N–H and O–H groups in total. The van der Waals surface area contributed by atoms with E-state index in [0.29, 0.717) is 11.6 Å². The van der Waals surface area contributed by atoms with Crippen LogP contribution in [0, 0.1) is 0 Å². The van der Waals surface area contributed by atoms with E-state index in [0.717, 1.165) is 25.1 Å². The molecule has 1 aromatic carbocycles. The van der Waals surface area contributed by atoms with Gasteiger partial charge in [0.15, 0.2) is 0 Å². The molecule has 1 aromatic rings. The van der Waals surface area contributed by atoms with Crippen LogP contribution in [0.25, 0.3) is 0 Å². The first-order valence-corrected chi connectivity index (χ1v) is 7.47. The summed E-state index contributed by atoms with van der Waals surface area (Å²) in [5, 5.41) is 12.4.